The van der Waals surface area contributed by atoms with Crippen molar-refractivity contribution in [3.05, 3.63) is 0 Å². The van der Waals surface area contributed by atoms with Gasteiger partial charge in [0, 0.05) is 25.9 Å². The molecular formula is C11H20O6. The van der Waals surface area contributed by atoms with Gasteiger partial charge in [0.15, 0.2) is 6.79 Å². The predicted octanol–water partition coefficient (Wildman–Crippen LogP) is 2.05. The number of methoxy groups -OCH3 is 1. The van der Waals surface area contributed by atoms with Crippen LogP contribution >= 0.6 is 0 Å². The monoisotopic (exact) mass is 248 g/mol. The van der Waals surface area contributed by atoms with E-state index in [4.69, 9.17) is 24.5 Å². The number of ether oxygens (including phenoxy) is 2. The maximum atomic E-state index is 9.13. The van der Waals surface area contributed by atoms with E-state index in [1.165, 1.54) is 0 Å². The van der Waals surface area contributed by atoms with Gasteiger partial charge >= 0.3 is 0 Å². The van der Waals surface area contributed by atoms with Crippen LogP contribution in [-0.2, 0) is 24.1 Å². The fourth-order valence-electron chi connectivity index (χ4n) is 2.73. The lowest BCUT2D eigenvalue weighted by Crippen LogP contribution is -2.47. The minimum Gasteiger partial charge on any atom is -0.350 e. The highest BCUT2D eigenvalue weighted by atomic mass is 17.3. The summed E-state index contributed by atoms with van der Waals surface area (Å²) < 4.78 is 10.8. The van der Waals surface area contributed by atoms with Gasteiger partial charge in [-0.15, -0.1) is 0 Å². The van der Waals surface area contributed by atoms with Gasteiger partial charge in [-0.3, -0.25) is 0 Å². The number of rotatable bonds is 4. The third kappa shape index (κ3) is 2.62. The van der Waals surface area contributed by atoms with E-state index in [9.17, 15) is 0 Å². The molecule has 2 aliphatic rings. The van der Waals surface area contributed by atoms with E-state index in [1.54, 1.807) is 7.11 Å². The number of hydrogen-bond acceptors (Lipinski definition) is 6. The van der Waals surface area contributed by atoms with Gasteiger partial charge in [0.25, 0.3) is 0 Å². The highest BCUT2D eigenvalue weighted by Crippen LogP contribution is 2.43. The fourth-order valence-corrected chi connectivity index (χ4v) is 2.73. The van der Waals surface area contributed by atoms with Crippen LogP contribution in [0.4, 0.5) is 0 Å². The minimum absolute atomic E-state index is 0.0120. The molecule has 1 aliphatic heterocycles. The molecule has 0 radical (unpaired) electrons. The van der Waals surface area contributed by atoms with Crippen molar-refractivity contribution < 1.29 is 29.4 Å². The standard InChI is InChI=1S/C11H20O6/c1-10(14-8-15-17-10)7-9-5-3-4-6-11(9,13-2)16-12/h9,12H,3-8H2,1-2H3. The molecule has 1 saturated carbocycles. The second-order valence-corrected chi connectivity index (χ2v) is 4.85. The molecule has 0 aromatic carbocycles. The summed E-state index contributed by atoms with van der Waals surface area (Å²) in [6.45, 7) is 1.94. The maximum absolute atomic E-state index is 9.13. The van der Waals surface area contributed by atoms with Crippen LogP contribution in [0.5, 0.6) is 0 Å². The molecule has 1 aliphatic carbocycles. The van der Waals surface area contributed by atoms with Gasteiger partial charge in [0.2, 0.25) is 11.6 Å². The Morgan fingerprint density at radius 3 is 2.82 bits per heavy atom. The van der Waals surface area contributed by atoms with Gasteiger partial charge in [0.1, 0.15) is 0 Å². The summed E-state index contributed by atoms with van der Waals surface area (Å²) in [4.78, 5) is 14.5. The van der Waals surface area contributed by atoms with Gasteiger partial charge in [-0.05, 0) is 19.8 Å². The highest BCUT2D eigenvalue weighted by Gasteiger charge is 2.48. The Hall–Kier alpha value is -0.240. The molecule has 2 rings (SSSR count). The zero-order chi connectivity index (χ0) is 12.4. The summed E-state index contributed by atoms with van der Waals surface area (Å²) in [7, 11) is 1.55. The molecule has 17 heavy (non-hydrogen) atoms. The Kier molecular flexibility index (Phi) is 4.02. The van der Waals surface area contributed by atoms with Crippen molar-refractivity contribution in [1.29, 1.82) is 0 Å². The van der Waals surface area contributed by atoms with E-state index >= 15 is 0 Å². The Balaban J connectivity index is 2.05. The Morgan fingerprint density at radius 2 is 2.24 bits per heavy atom. The topological polar surface area (TPSA) is 66.4 Å². The van der Waals surface area contributed by atoms with Crippen molar-refractivity contribution in [1.82, 2.24) is 0 Å². The zero-order valence-corrected chi connectivity index (χ0v) is 10.3. The summed E-state index contributed by atoms with van der Waals surface area (Å²) in [5.41, 5.74) is 0. The molecule has 0 aromatic heterocycles. The first kappa shape index (κ1) is 13.2. The van der Waals surface area contributed by atoms with Crippen molar-refractivity contribution in [2.75, 3.05) is 13.9 Å². The Bertz CT molecular complexity index is 246. The molecule has 1 saturated heterocycles. The molecule has 0 spiro atoms. The first-order valence-corrected chi connectivity index (χ1v) is 5.96. The Morgan fingerprint density at radius 1 is 1.41 bits per heavy atom. The van der Waals surface area contributed by atoms with E-state index in [-0.39, 0.29) is 12.7 Å². The third-order valence-corrected chi connectivity index (χ3v) is 3.71. The van der Waals surface area contributed by atoms with Crippen LogP contribution in [0, 0.1) is 5.92 Å². The molecule has 6 nitrogen and oxygen atoms in total. The summed E-state index contributed by atoms with van der Waals surface area (Å²) in [6.07, 6.45) is 4.18. The molecule has 3 unspecified atom stereocenters. The normalized spacial score (nSPS) is 42.9. The lowest BCUT2D eigenvalue weighted by Gasteiger charge is -2.41. The van der Waals surface area contributed by atoms with Crippen LogP contribution in [0.25, 0.3) is 0 Å². The lowest BCUT2D eigenvalue weighted by atomic mass is 9.79. The summed E-state index contributed by atoms with van der Waals surface area (Å²) in [6, 6.07) is 0. The largest absolute Gasteiger partial charge is 0.350 e. The minimum atomic E-state index is -0.948. The Labute approximate surface area is 101 Å². The van der Waals surface area contributed by atoms with E-state index in [2.05, 4.69) is 4.89 Å². The van der Waals surface area contributed by atoms with Crippen molar-refractivity contribution in [3.8, 4) is 0 Å². The van der Waals surface area contributed by atoms with Crippen LogP contribution in [-0.4, -0.2) is 30.7 Å². The van der Waals surface area contributed by atoms with Gasteiger partial charge in [-0.1, -0.05) is 6.42 Å². The molecule has 6 heteroatoms. The molecule has 100 valence electrons. The first-order valence-electron chi connectivity index (χ1n) is 5.96. The molecule has 1 N–H and O–H groups in total. The molecule has 0 amide bonds. The molecule has 1 heterocycles. The smallest absolute Gasteiger partial charge is 0.204 e. The van der Waals surface area contributed by atoms with Crippen LogP contribution in [0.2, 0.25) is 0 Å². The third-order valence-electron chi connectivity index (χ3n) is 3.71. The summed E-state index contributed by atoms with van der Waals surface area (Å²) >= 11 is 0. The summed E-state index contributed by atoms with van der Waals surface area (Å²) in [5.74, 6) is -1.72. The number of hydrogen-bond donors (Lipinski definition) is 1. The molecular weight excluding hydrogens is 228 g/mol. The summed E-state index contributed by atoms with van der Waals surface area (Å²) in [5, 5.41) is 9.13. The van der Waals surface area contributed by atoms with E-state index in [0.29, 0.717) is 12.8 Å². The van der Waals surface area contributed by atoms with Gasteiger partial charge in [-0.25, -0.2) is 15.0 Å². The quantitative estimate of drug-likeness (QED) is 0.466. The molecule has 2 fully saturated rings. The highest BCUT2D eigenvalue weighted by molar-refractivity contribution is 4.86. The second-order valence-electron chi connectivity index (χ2n) is 4.85. The van der Waals surface area contributed by atoms with Crippen molar-refractivity contribution in [2.45, 2.75) is 50.6 Å². The maximum Gasteiger partial charge on any atom is 0.204 e. The lowest BCUT2D eigenvalue weighted by molar-refractivity contribution is -0.428. The average molecular weight is 248 g/mol. The van der Waals surface area contributed by atoms with Crippen LogP contribution in [0.1, 0.15) is 39.0 Å². The van der Waals surface area contributed by atoms with Crippen LogP contribution in [0.15, 0.2) is 0 Å². The van der Waals surface area contributed by atoms with Crippen LogP contribution < -0.4 is 0 Å². The van der Waals surface area contributed by atoms with E-state index in [1.807, 2.05) is 6.92 Å². The van der Waals surface area contributed by atoms with Gasteiger partial charge in [-0.2, -0.15) is 4.89 Å². The van der Waals surface area contributed by atoms with E-state index in [0.717, 1.165) is 19.3 Å². The van der Waals surface area contributed by atoms with Crippen LogP contribution in [0.3, 0.4) is 0 Å². The second kappa shape index (κ2) is 5.17. The molecule has 0 bridgehead atoms. The van der Waals surface area contributed by atoms with E-state index < -0.39 is 11.6 Å². The SMILES string of the molecule is COC1(OO)CCCCC1CC1(C)OCOO1. The zero-order valence-electron chi connectivity index (χ0n) is 10.3. The fraction of sp³-hybridized carbons (Fsp3) is 1.00. The van der Waals surface area contributed by atoms with Gasteiger partial charge in [0.05, 0.1) is 0 Å². The predicted molar refractivity (Wildman–Crippen MR) is 56.6 cm³/mol. The molecule has 3 atom stereocenters. The van der Waals surface area contributed by atoms with Gasteiger partial charge < -0.3 is 9.47 Å². The molecule has 0 aromatic rings. The van der Waals surface area contributed by atoms with Crippen molar-refractivity contribution in [3.63, 3.8) is 0 Å². The average Bonchev–Trinajstić information content (AvgIpc) is 2.77. The van der Waals surface area contributed by atoms with Crippen molar-refractivity contribution in [2.24, 2.45) is 5.92 Å². The van der Waals surface area contributed by atoms with Crippen molar-refractivity contribution >= 4 is 0 Å². The first-order chi connectivity index (χ1) is 8.14.